The van der Waals surface area contributed by atoms with Gasteiger partial charge in [0, 0.05) is 11.8 Å². The number of alkyl halides is 3. The first kappa shape index (κ1) is 18.2. The third-order valence-corrected chi connectivity index (χ3v) is 3.64. The zero-order valence-corrected chi connectivity index (χ0v) is 13.5. The largest absolute Gasteiger partial charge is 0.451 e. The molecule has 138 valence electrons. The lowest BCUT2D eigenvalue weighted by Gasteiger charge is -2.09. The minimum absolute atomic E-state index is 0.0570. The van der Waals surface area contributed by atoms with E-state index in [9.17, 15) is 28.1 Å². The number of carbonyl (C=O) groups excluding carboxylic acids is 1. The summed E-state index contributed by atoms with van der Waals surface area (Å²) in [6.07, 6.45) is -4.54. The predicted octanol–water partition coefficient (Wildman–Crippen LogP) is 5.13. The lowest BCUT2D eigenvalue weighted by atomic mass is 10.1. The van der Waals surface area contributed by atoms with E-state index in [1.165, 1.54) is 42.5 Å². The average Bonchev–Trinajstić information content (AvgIpc) is 3.11. The molecule has 0 aliphatic heterocycles. The zero-order chi connectivity index (χ0) is 19.6. The van der Waals surface area contributed by atoms with Gasteiger partial charge in [0.15, 0.2) is 5.76 Å². The summed E-state index contributed by atoms with van der Waals surface area (Å²) < 4.78 is 43.6. The van der Waals surface area contributed by atoms with E-state index in [2.05, 4.69) is 5.32 Å². The quantitative estimate of drug-likeness (QED) is 0.505. The number of nitro benzene ring substituents is 1. The van der Waals surface area contributed by atoms with Crippen molar-refractivity contribution in [2.75, 3.05) is 5.32 Å². The fraction of sp³-hybridized carbons (Fsp3) is 0.0556. The van der Waals surface area contributed by atoms with Crippen LogP contribution in [0.25, 0.3) is 11.3 Å². The van der Waals surface area contributed by atoms with Crippen molar-refractivity contribution in [3.8, 4) is 11.3 Å². The van der Waals surface area contributed by atoms with Crippen molar-refractivity contribution in [1.82, 2.24) is 0 Å². The molecule has 9 heteroatoms. The summed E-state index contributed by atoms with van der Waals surface area (Å²) >= 11 is 0. The van der Waals surface area contributed by atoms with Gasteiger partial charge in [-0.15, -0.1) is 0 Å². The first-order valence-electron chi connectivity index (χ1n) is 7.58. The van der Waals surface area contributed by atoms with Gasteiger partial charge in [-0.3, -0.25) is 14.9 Å². The molecule has 0 radical (unpaired) electrons. The number of furan rings is 1. The average molecular weight is 376 g/mol. The minimum atomic E-state index is -4.54. The Morgan fingerprint density at radius 1 is 1.04 bits per heavy atom. The molecule has 1 N–H and O–H groups in total. The number of amides is 1. The van der Waals surface area contributed by atoms with Crippen LogP contribution in [-0.2, 0) is 6.18 Å². The highest BCUT2D eigenvalue weighted by atomic mass is 19.4. The second-order valence-electron chi connectivity index (χ2n) is 5.47. The number of rotatable bonds is 4. The number of nitrogens with one attached hydrogen (secondary N) is 1. The molecule has 1 amide bonds. The Kier molecular flexibility index (Phi) is 4.68. The van der Waals surface area contributed by atoms with Gasteiger partial charge in [-0.25, -0.2) is 0 Å². The Labute approximate surface area is 150 Å². The van der Waals surface area contributed by atoms with Gasteiger partial charge in [0.1, 0.15) is 5.76 Å². The van der Waals surface area contributed by atoms with Crippen LogP contribution in [0.15, 0.2) is 65.1 Å². The number of hydrogen-bond donors (Lipinski definition) is 1. The van der Waals surface area contributed by atoms with E-state index < -0.39 is 22.6 Å². The molecule has 3 rings (SSSR count). The highest BCUT2D eigenvalue weighted by molar-refractivity contribution is 6.02. The summed E-state index contributed by atoms with van der Waals surface area (Å²) in [5.41, 5.74) is -0.976. The fourth-order valence-corrected chi connectivity index (χ4v) is 2.41. The Bertz CT molecular complexity index is 1010. The molecule has 0 aliphatic carbocycles. The molecule has 1 aromatic heterocycles. The monoisotopic (exact) mass is 376 g/mol. The molecule has 1 heterocycles. The second-order valence-corrected chi connectivity index (χ2v) is 5.47. The van der Waals surface area contributed by atoms with Crippen molar-refractivity contribution >= 4 is 17.3 Å². The topological polar surface area (TPSA) is 85.4 Å². The van der Waals surface area contributed by atoms with Gasteiger partial charge in [0.2, 0.25) is 0 Å². The van der Waals surface area contributed by atoms with E-state index in [-0.39, 0.29) is 28.5 Å². The number of halogens is 3. The highest BCUT2D eigenvalue weighted by Crippen LogP contribution is 2.32. The van der Waals surface area contributed by atoms with E-state index in [4.69, 9.17) is 4.42 Å². The molecular weight excluding hydrogens is 365 g/mol. The number of hydrogen-bond acceptors (Lipinski definition) is 4. The predicted molar refractivity (Wildman–Crippen MR) is 90.2 cm³/mol. The molecule has 0 saturated carbocycles. The Hall–Kier alpha value is -3.62. The van der Waals surface area contributed by atoms with Crippen LogP contribution in [0.5, 0.6) is 0 Å². The Morgan fingerprint density at radius 3 is 2.48 bits per heavy atom. The SMILES string of the molecule is O=C(Nc1cccc(C(F)(F)F)c1)c1ccc(-c2ccccc2[N+](=O)[O-])o1. The van der Waals surface area contributed by atoms with Crippen molar-refractivity contribution in [2.45, 2.75) is 6.18 Å². The zero-order valence-electron chi connectivity index (χ0n) is 13.5. The first-order valence-corrected chi connectivity index (χ1v) is 7.58. The molecule has 6 nitrogen and oxygen atoms in total. The molecule has 0 unspecified atom stereocenters. The standard InChI is InChI=1S/C18H11F3N2O4/c19-18(20,21)11-4-3-5-12(10-11)22-17(24)16-9-8-15(27-16)13-6-1-2-7-14(13)23(25)26/h1-10H,(H,22,24). The normalized spacial score (nSPS) is 11.2. The molecule has 0 saturated heterocycles. The second kappa shape index (κ2) is 6.94. The summed E-state index contributed by atoms with van der Waals surface area (Å²) in [7, 11) is 0. The van der Waals surface area contributed by atoms with E-state index in [0.717, 1.165) is 12.1 Å². The van der Waals surface area contributed by atoms with Crippen molar-refractivity contribution in [3.63, 3.8) is 0 Å². The van der Waals surface area contributed by atoms with E-state index in [1.54, 1.807) is 6.07 Å². The summed E-state index contributed by atoms with van der Waals surface area (Å²) in [5.74, 6) is -0.879. The van der Waals surface area contributed by atoms with Gasteiger partial charge in [-0.1, -0.05) is 18.2 Å². The number of nitro groups is 1. The van der Waals surface area contributed by atoms with Crippen LogP contribution in [0.3, 0.4) is 0 Å². The van der Waals surface area contributed by atoms with Crippen LogP contribution in [0, 0.1) is 10.1 Å². The molecule has 0 bridgehead atoms. The van der Waals surface area contributed by atoms with Crippen molar-refractivity contribution < 1.29 is 27.3 Å². The van der Waals surface area contributed by atoms with Crippen LogP contribution in [0.1, 0.15) is 16.1 Å². The van der Waals surface area contributed by atoms with Gasteiger partial charge in [0.25, 0.3) is 11.6 Å². The lowest BCUT2D eigenvalue weighted by Crippen LogP contribution is -2.12. The maximum absolute atomic E-state index is 12.7. The van der Waals surface area contributed by atoms with E-state index in [1.807, 2.05) is 0 Å². The maximum Gasteiger partial charge on any atom is 0.416 e. The number of nitrogens with zero attached hydrogens (tertiary/aromatic N) is 1. The van der Waals surface area contributed by atoms with Gasteiger partial charge in [0.05, 0.1) is 16.1 Å². The maximum atomic E-state index is 12.7. The molecule has 3 aromatic rings. The van der Waals surface area contributed by atoms with Gasteiger partial charge >= 0.3 is 6.18 Å². The van der Waals surface area contributed by atoms with Crippen LogP contribution in [0.4, 0.5) is 24.5 Å². The lowest BCUT2D eigenvalue weighted by molar-refractivity contribution is -0.384. The van der Waals surface area contributed by atoms with Crippen molar-refractivity contribution in [1.29, 1.82) is 0 Å². The minimum Gasteiger partial charge on any atom is -0.451 e. The van der Waals surface area contributed by atoms with Crippen LogP contribution in [-0.4, -0.2) is 10.8 Å². The summed E-state index contributed by atoms with van der Waals surface area (Å²) in [6, 6.07) is 12.6. The molecule has 0 atom stereocenters. The highest BCUT2D eigenvalue weighted by Gasteiger charge is 2.30. The first-order chi connectivity index (χ1) is 12.8. The number of benzene rings is 2. The number of carbonyl (C=O) groups is 1. The molecule has 0 aliphatic rings. The van der Waals surface area contributed by atoms with Crippen molar-refractivity contribution in [3.05, 3.63) is 82.1 Å². The van der Waals surface area contributed by atoms with Gasteiger partial charge in [-0.05, 0) is 36.4 Å². The van der Waals surface area contributed by atoms with E-state index >= 15 is 0 Å². The molecule has 0 fully saturated rings. The fourth-order valence-electron chi connectivity index (χ4n) is 2.41. The van der Waals surface area contributed by atoms with Gasteiger partial charge < -0.3 is 9.73 Å². The van der Waals surface area contributed by atoms with E-state index in [0.29, 0.717) is 0 Å². The number of anilines is 1. The molecule has 0 spiro atoms. The van der Waals surface area contributed by atoms with Crippen LogP contribution in [0.2, 0.25) is 0 Å². The van der Waals surface area contributed by atoms with Crippen LogP contribution >= 0.6 is 0 Å². The van der Waals surface area contributed by atoms with Crippen LogP contribution < -0.4 is 5.32 Å². The third kappa shape index (κ3) is 3.97. The molecule has 2 aromatic carbocycles. The van der Waals surface area contributed by atoms with Crippen molar-refractivity contribution in [2.24, 2.45) is 0 Å². The Morgan fingerprint density at radius 2 is 1.78 bits per heavy atom. The summed E-state index contributed by atoms with van der Waals surface area (Å²) in [5, 5.41) is 13.4. The molecule has 27 heavy (non-hydrogen) atoms. The third-order valence-electron chi connectivity index (χ3n) is 3.64. The number of para-hydroxylation sites is 1. The smallest absolute Gasteiger partial charge is 0.416 e. The Balaban J connectivity index is 1.84. The van der Waals surface area contributed by atoms with Gasteiger partial charge in [-0.2, -0.15) is 13.2 Å². The summed E-state index contributed by atoms with van der Waals surface area (Å²) in [6.45, 7) is 0. The summed E-state index contributed by atoms with van der Waals surface area (Å²) in [4.78, 5) is 22.7. The molecular formula is C18H11F3N2O4.